The molecule has 0 atom stereocenters. The number of nitrogens with one attached hydrogen (secondary N) is 1. The van der Waals surface area contributed by atoms with Crippen LogP contribution in [0.2, 0.25) is 10.0 Å². The second kappa shape index (κ2) is 8.69. The molecule has 0 spiro atoms. The Labute approximate surface area is 167 Å². The van der Waals surface area contributed by atoms with Crippen molar-refractivity contribution < 1.29 is 22.7 Å². The molecule has 0 saturated carbocycles. The third-order valence-corrected chi connectivity index (χ3v) is 5.41. The van der Waals surface area contributed by atoms with Crippen LogP contribution in [0, 0.1) is 0 Å². The molecule has 1 N–H and O–H groups in total. The van der Waals surface area contributed by atoms with E-state index < -0.39 is 22.5 Å². The van der Waals surface area contributed by atoms with Crippen LogP contribution in [0.15, 0.2) is 36.4 Å². The highest BCUT2D eigenvalue weighted by atomic mass is 35.5. The van der Waals surface area contributed by atoms with E-state index in [2.05, 4.69) is 5.32 Å². The van der Waals surface area contributed by atoms with E-state index in [0.29, 0.717) is 16.5 Å². The van der Waals surface area contributed by atoms with Crippen LogP contribution in [0.25, 0.3) is 0 Å². The van der Waals surface area contributed by atoms with Gasteiger partial charge in [-0.05, 0) is 30.3 Å². The number of methoxy groups -OCH3 is 2. The van der Waals surface area contributed by atoms with Crippen molar-refractivity contribution in [3.05, 3.63) is 46.4 Å². The zero-order valence-electron chi connectivity index (χ0n) is 14.8. The summed E-state index contributed by atoms with van der Waals surface area (Å²) >= 11 is 11.8. The summed E-state index contributed by atoms with van der Waals surface area (Å²) in [5, 5.41) is 3.20. The van der Waals surface area contributed by atoms with Crippen molar-refractivity contribution in [3.63, 3.8) is 0 Å². The van der Waals surface area contributed by atoms with Crippen molar-refractivity contribution in [1.82, 2.24) is 0 Å². The molecule has 0 bridgehead atoms. The third-order valence-electron chi connectivity index (χ3n) is 3.55. The number of hydrogen-bond donors (Lipinski definition) is 1. The minimum absolute atomic E-state index is 0.184. The van der Waals surface area contributed by atoms with Gasteiger partial charge in [0.15, 0.2) is 0 Å². The standard InChI is InChI=1S/C17H18Cl2N2O5S/c1-25-12-5-7-16(26-2)15(9-12)21(27(3,23)24)10-17(22)20-11-4-6-13(18)14(19)8-11/h4-9H,10H2,1-3H3,(H,20,22). The summed E-state index contributed by atoms with van der Waals surface area (Å²) in [7, 11) is -0.932. The lowest BCUT2D eigenvalue weighted by Gasteiger charge is -2.24. The summed E-state index contributed by atoms with van der Waals surface area (Å²) in [5.74, 6) is 0.136. The lowest BCUT2D eigenvalue weighted by atomic mass is 10.2. The van der Waals surface area contributed by atoms with Gasteiger partial charge in [-0.3, -0.25) is 9.10 Å². The molecule has 2 aromatic rings. The second-order valence-electron chi connectivity index (χ2n) is 5.48. The lowest BCUT2D eigenvalue weighted by molar-refractivity contribution is -0.114. The largest absolute Gasteiger partial charge is 0.497 e. The minimum atomic E-state index is -3.79. The highest BCUT2D eigenvalue weighted by Crippen LogP contribution is 2.33. The maximum atomic E-state index is 12.4. The summed E-state index contributed by atoms with van der Waals surface area (Å²) in [4.78, 5) is 12.4. The molecule has 7 nitrogen and oxygen atoms in total. The molecule has 27 heavy (non-hydrogen) atoms. The van der Waals surface area contributed by atoms with Crippen molar-refractivity contribution in [2.45, 2.75) is 0 Å². The van der Waals surface area contributed by atoms with Crippen LogP contribution in [-0.2, 0) is 14.8 Å². The number of sulfonamides is 1. The Morgan fingerprint density at radius 2 is 1.78 bits per heavy atom. The maximum absolute atomic E-state index is 12.4. The zero-order chi connectivity index (χ0) is 20.2. The second-order valence-corrected chi connectivity index (χ2v) is 8.21. The summed E-state index contributed by atoms with van der Waals surface area (Å²) in [6, 6.07) is 9.22. The highest BCUT2D eigenvalue weighted by Gasteiger charge is 2.24. The van der Waals surface area contributed by atoms with E-state index in [1.165, 1.54) is 32.4 Å². The van der Waals surface area contributed by atoms with E-state index in [0.717, 1.165) is 10.6 Å². The van der Waals surface area contributed by atoms with Gasteiger partial charge in [0, 0.05) is 11.8 Å². The molecule has 0 heterocycles. The molecular formula is C17H18Cl2N2O5S. The summed E-state index contributed by atoms with van der Waals surface area (Å²) in [6.07, 6.45) is 0.998. The molecule has 0 saturated heterocycles. The van der Waals surface area contributed by atoms with Crippen LogP contribution in [0.4, 0.5) is 11.4 Å². The van der Waals surface area contributed by atoms with E-state index in [4.69, 9.17) is 32.7 Å². The molecule has 10 heteroatoms. The fraction of sp³-hybridized carbons (Fsp3) is 0.235. The Kier molecular flexibility index (Phi) is 6.80. The smallest absolute Gasteiger partial charge is 0.245 e. The van der Waals surface area contributed by atoms with Crippen molar-refractivity contribution >= 4 is 50.5 Å². The molecule has 0 aliphatic rings. The number of benzene rings is 2. The molecule has 0 aliphatic heterocycles. The van der Waals surface area contributed by atoms with E-state index >= 15 is 0 Å². The number of hydrogen-bond acceptors (Lipinski definition) is 5. The van der Waals surface area contributed by atoms with Crippen LogP contribution in [0.3, 0.4) is 0 Å². The zero-order valence-corrected chi connectivity index (χ0v) is 17.2. The van der Waals surface area contributed by atoms with Crippen molar-refractivity contribution in [1.29, 1.82) is 0 Å². The van der Waals surface area contributed by atoms with Gasteiger partial charge in [0.25, 0.3) is 0 Å². The molecule has 2 rings (SSSR count). The molecule has 0 aromatic heterocycles. The molecule has 146 valence electrons. The van der Waals surface area contributed by atoms with Crippen molar-refractivity contribution in [3.8, 4) is 11.5 Å². The summed E-state index contributed by atoms with van der Waals surface area (Å²) in [6.45, 7) is -0.470. The van der Waals surface area contributed by atoms with Gasteiger partial charge in [0.1, 0.15) is 18.0 Å². The molecule has 0 unspecified atom stereocenters. The highest BCUT2D eigenvalue weighted by molar-refractivity contribution is 7.92. The number of rotatable bonds is 7. The number of ether oxygens (including phenoxy) is 2. The maximum Gasteiger partial charge on any atom is 0.245 e. The average molecular weight is 433 g/mol. The first kappa shape index (κ1) is 21.1. The van der Waals surface area contributed by atoms with Crippen LogP contribution < -0.4 is 19.1 Å². The van der Waals surface area contributed by atoms with Crippen molar-refractivity contribution in [2.75, 3.05) is 36.6 Å². The summed E-state index contributed by atoms with van der Waals surface area (Å²) in [5.41, 5.74) is 0.573. The first-order valence-corrected chi connectivity index (χ1v) is 10.2. The number of nitrogens with zero attached hydrogens (tertiary/aromatic N) is 1. The minimum Gasteiger partial charge on any atom is -0.497 e. The van der Waals surface area contributed by atoms with Crippen LogP contribution in [0.1, 0.15) is 0 Å². The Hall–Kier alpha value is -2.16. The SMILES string of the molecule is COc1ccc(OC)c(N(CC(=O)Nc2ccc(Cl)c(Cl)c2)S(C)(=O)=O)c1. The predicted octanol–water partition coefficient (Wildman–Crippen LogP) is 3.42. The Bertz CT molecular complexity index is 950. The van der Waals surface area contributed by atoms with Gasteiger partial charge in [-0.25, -0.2) is 8.42 Å². The van der Waals surface area contributed by atoms with Gasteiger partial charge in [-0.1, -0.05) is 23.2 Å². The Morgan fingerprint density at radius 3 is 2.33 bits per heavy atom. The molecule has 0 aliphatic carbocycles. The van der Waals surface area contributed by atoms with Gasteiger partial charge < -0.3 is 14.8 Å². The predicted molar refractivity (Wildman–Crippen MR) is 107 cm³/mol. The first-order valence-electron chi connectivity index (χ1n) is 7.60. The van der Waals surface area contributed by atoms with Crippen LogP contribution in [0.5, 0.6) is 11.5 Å². The number of carbonyl (C=O) groups is 1. The van der Waals surface area contributed by atoms with Gasteiger partial charge in [0.2, 0.25) is 15.9 Å². The first-order chi connectivity index (χ1) is 12.7. The Morgan fingerprint density at radius 1 is 1.07 bits per heavy atom. The number of carbonyl (C=O) groups excluding carboxylic acids is 1. The van der Waals surface area contributed by atoms with Gasteiger partial charge in [-0.2, -0.15) is 0 Å². The number of amides is 1. The van der Waals surface area contributed by atoms with E-state index in [1.807, 2.05) is 0 Å². The van der Waals surface area contributed by atoms with Gasteiger partial charge in [0.05, 0.1) is 36.2 Å². The average Bonchev–Trinajstić information content (AvgIpc) is 2.61. The van der Waals surface area contributed by atoms with Gasteiger partial charge >= 0.3 is 0 Å². The fourth-order valence-corrected chi connectivity index (χ4v) is 3.43. The molecule has 0 fully saturated rings. The number of anilines is 2. The molecule has 2 aromatic carbocycles. The van der Waals surface area contributed by atoms with E-state index in [9.17, 15) is 13.2 Å². The van der Waals surface area contributed by atoms with Crippen molar-refractivity contribution in [2.24, 2.45) is 0 Å². The molecule has 0 radical (unpaired) electrons. The van der Waals surface area contributed by atoms with Gasteiger partial charge in [-0.15, -0.1) is 0 Å². The normalized spacial score (nSPS) is 11.0. The third kappa shape index (κ3) is 5.41. The fourth-order valence-electron chi connectivity index (χ4n) is 2.28. The number of halogens is 2. The molecular weight excluding hydrogens is 415 g/mol. The quantitative estimate of drug-likeness (QED) is 0.724. The van der Waals surface area contributed by atoms with Crippen LogP contribution >= 0.6 is 23.2 Å². The van der Waals surface area contributed by atoms with E-state index in [-0.39, 0.29) is 16.5 Å². The van der Waals surface area contributed by atoms with Crippen LogP contribution in [-0.4, -0.2) is 41.3 Å². The lowest BCUT2D eigenvalue weighted by Crippen LogP contribution is -2.37. The Balaban J connectivity index is 2.32. The monoisotopic (exact) mass is 432 g/mol. The molecule has 1 amide bonds. The topological polar surface area (TPSA) is 84.9 Å². The summed E-state index contributed by atoms with van der Waals surface area (Å²) < 4.78 is 35.9. The van der Waals surface area contributed by atoms with E-state index in [1.54, 1.807) is 18.2 Å².